The molecular formula is C60H32O4. The van der Waals surface area contributed by atoms with E-state index in [9.17, 15) is 0 Å². The minimum absolute atomic E-state index is 0.845. The highest BCUT2D eigenvalue weighted by Crippen LogP contribution is 2.47. The highest BCUT2D eigenvalue weighted by atomic mass is 16.3. The van der Waals surface area contributed by atoms with Gasteiger partial charge < -0.3 is 17.7 Å². The molecule has 4 aromatic heterocycles. The summed E-state index contributed by atoms with van der Waals surface area (Å²) in [6.45, 7) is 0. The van der Waals surface area contributed by atoms with Gasteiger partial charge in [-0.25, -0.2) is 0 Å². The number of furan rings is 4. The molecule has 4 nitrogen and oxygen atoms in total. The molecule has 0 aliphatic heterocycles. The first-order valence-electron chi connectivity index (χ1n) is 21.7. The van der Waals surface area contributed by atoms with E-state index in [2.05, 4.69) is 146 Å². The van der Waals surface area contributed by atoms with Gasteiger partial charge in [0.1, 0.15) is 44.7 Å². The molecule has 0 radical (unpaired) electrons. The lowest BCUT2D eigenvalue weighted by molar-refractivity contribution is 0.663. The monoisotopic (exact) mass is 816 g/mol. The maximum atomic E-state index is 6.68. The predicted octanol–water partition coefficient (Wildman–Crippen LogP) is 17.7. The Morgan fingerprint density at radius 3 is 1.14 bits per heavy atom. The fraction of sp³-hybridized carbons (Fsp3) is 0. The lowest BCUT2D eigenvalue weighted by Crippen LogP contribution is -1.91. The zero-order valence-electron chi connectivity index (χ0n) is 34.1. The van der Waals surface area contributed by atoms with E-state index >= 15 is 0 Å². The van der Waals surface area contributed by atoms with E-state index in [1.54, 1.807) is 0 Å². The van der Waals surface area contributed by atoms with E-state index in [1.165, 1.54) is 43.4 Å². The van der Waals surface area contributed by atoms with Crippen LogP contribution in [0.4, 0.5) is 0 Å². The molecule has 0 aliphatic rings. The number of para-hydroxylation sites is 2. The summed E-state index contributed by atoms with van der Waals surface area (Å²) in [5.41, 5.74) is 13.7. The van der Waals surface area contributed by atoms with Crippen molar-refractivity contribution in [1.82, 2.24) is 0 Å². The lowest BCUT2D eigenvalue weighted by Gasteiger charge is -2.18. The third kappa shape index (κ3) is 4.61. The lowest BCUT2D eigenvalue weighted by atomic mass is 9.85. The van der Waals surface area contributed by atoms with Gasteiger partial charge in [0, 0.05) is 43.1 Å². The smallest absolute Gasteiger partial charge is 0.136 e. The molecule has 4 heterocycles. The van der Waals surface area contributed by atoms with Crippen LogP contribution in [0.25, 0.3) is 153 Å². The third-order valence-corrected chi connectivity index (χ3v) is 13.7. The van der Waals surface area contributed by atoms with Crippen molar-refractivity contribution in [3.8, 4) is 33.4 Å². The molecule has 64 heavy (non-hydrogen) atoms. The minimum Gasteiger partial charge on any atom is -0.456 e. The zero-order valence-corrected chi connectivity index (χ0v) is 34.1. The van der Waals surface area contributed by atoms with E-state index in [1.807, 2.05) is 48.5 Å². The molecule has 0 aliphatic carbocycles. The van der Waals surface area contributed by atoms with Gasteiger partial charge in [-0.1, -0.05) is 127 Å². The van der Waals surface area contributed by atoms with Crippen molar-refractivity contribution >= 4 is 120 Å². The van der Waals surface area contributed by atoms with Gasteiger partial charge in [-0.15, -0.1) is 0 Å². The van der Waals surface area contributed by atoms with Crippen LogP contribution in [0.3, 0.4) is 0 Å². The van der Waals surface area contributed by atoms with Crippen LogP contribution >= 0.6 is 0 Å². The molecule has 0 spiro atoms. The number of fused-ring (bicyclic) bond motifs is 17. The predicted molar refractivity (Wildman–Crippen MR) is 264 cm³/mol. The summed E-state index contributed by atoms with van der Waals surface area (Å²) in [7, 11) is 0. The van der Waals surface area contributed by atoms with Crippen molar-refractivity contribution in [3.63, 3.8) is 0 Å². The molecular weight excluding hydrogens is 785 g/mol. The Bertz CT molecular complexity index is 4240. The normalized spacial score (nSPS) is 12.4. The Kier molecular flexibility index (Phi) is 6.65. The van der Waals surface area contributed by atoms with Gasteiger partial charge in [0.2, 0.25) is 0 Å². The Morgan fingerprint density at radius 1 is 0.219 bits per heavy atom. The van der Waals surface area contributed by atoms with Crippen molar-refractivity contribution < 1.29 is 17.7 Å². The van der Waals surface area contributed by atoms with Crippen LogP contribution < -0.4 is 0 Å². The fourth-order valence-corrected chi connectivity index (χ4v) is 10.9. The van der Waals surface area contributed by atoms with E-state index in [4.69, 9.17) is 17.7 Å². The van der Waals surface area contributed by atoms with E-state index in [-0.39, 0.29) is 0 Å². The average molecular weight is 817 g/mol. The molecule has 0 unspecified atom stereocenters. The first-order valence-corrected chi connectivity index (χ1v) is 21.7. The second-order valence-corrected chi connectivity index (χ2v) is 17.0. The summed E-state index contributed by atoms with van der Waals surface area (Å²) < 4.78 is 25.9. The maximum absolute atomic E-state index is 6.68. The summed E-state index contributed by atoms with van der Waals surface area (Å²) in [6.07, 6.45) is 0. The summed E-state index contributed by atoms with van der Waals surface area (Å²) in [5.74, 6) is 0. The standard InChI is InChI=1S/C60H32O4/c1-2-12-36-33(10-1)11-7-17-39(36)56-40-18-8-15-37(34-22-24-44-54(30-34)63-52-28-26-50-57(59(44)52)42-13-3-5-20-48(42)61-50)46(40)32-47-38(16-9-19-41(47)56)35-23-25-45-55(31-35)64-53-29-27-51-58(60(45)53)43-14-4-6-21-49(43)62-51/h1-32H. The minimum atomic E-state index is 0.845. The molecule has 0 bridgehead atoms. The summed E-state index contributed by atoms with van der Waals surface area (Å²) >= 11 is 0. The summed E-state index contributed by atoms with van der Waals surface area (Å²) in [4.78, 5) is 0. The Labute approximate surface area is 363 Å². The van der Waals surface area contributed by atoms with E-state index in [0.717, 1.165) is 110 Å². The molecule has 11 aromatic carbocycles. The van der Waals surface area contributed by atoms with Gasteiger partial charge in [0.15, 0.2) is 0 Å². The van der Waals surface area contributed by atoms with Crippen LogP contribution in [0.15, 0.2) is 212 Å². The summed E-state index contributed by atoms with van der Waals surface area (Å²) in [6, 6.07) is 69.2. The first kappa shape index (κ1) is 34.0. The third-order valence-electron chi connectivity index (χ3n) is 13.7. The van der Waals surface area contributed by atoms with Gasteiger partial charge in [-0.2, -0.15) is 0 Å². The molecule has 15 rings (SSSR count). The molecule has 4 heteroatoms. The summed E-state index contributed by atoms with van der Waals surface area (Å²) in [5, 5.41) is 15.8. The van der Waals surface area contributed by atoms with E-state index < -0.39 is 0 Å². The quantitative estimate of drug-likeness (QED) is 0.167. The second kappa shape index (κ2) is 12.5. The van der Waals surface area contributed by atoms with Crippen molar-refractivity contribution in [2.45, 2.75) is 0 Å². The highest BCUT2D eigenvalue weighted by Gasteiger charge is 2.22. The van der Waals surface area contributed by atoms with Crippen molar-refractivity contribution in [2.75, 3.05) is 0 Å². The molecule has 0 atom stereocenters. The van der Waals surface area contributed by atoms with Crippen LogP contribution in [-0.4, -0.2) is 0 Å². The molecule has 0 fully saturated rings. The topological polar surface area (TPSA) is 52.6 Å². The van der Waals surface area contributed by atoms with Gasteiger partial charge in [0.25, 0.3) is 0 Å². The molecule has 0 saturated heterocycles. The molecule has 0 saturated carbocycles. The Morgan fingerprint density at radius 2 is 0.609 bits per heavy atom. The number of hydrogen-bond donors (Lipinski definition) is 0. The molecule has 0 N–H and O–H groups in total. The van der Waals surface area contributed by atoms with Crippen molar-refractivity contribution in [2.24, 2.45) is 0 Å². The molecule has 0 amide bonds. The average Bonchev–Trinajstić information content (AvgIpc) is 4.12. The van der Waals surface area contributed by atoms with Crippen LogP contribution in [0, 0.1) is 0 Å². The fourth-order valence-electron chi connectivity index (χ4n) is 10.9. The van der Waals surface area contributed by atoms with E-state index in [0.29, 0.717) is 0 Å². The first-order chi connectivity index (χ1) is 31.7. The van der Waals surface area contributed by atoms with Gasteiger partial charge >= 0.3 is 0 Å². The van der Waals surface area contributed by atoms with Crippen LogP contribution in [-0.2, 0) is 0 Å². The van der Waals surface area contributed by atoms with Gasteiger partial charge in [0.05, 0.1) is 0 Å². The van der Waals surface area contributed by atoms with Gasteiger partial charge in [-0.05, 0) is 132 Å². The SMILES string of the molecule is c1ccc2c(-c3c4cccc(-c5ccc6c(c5)oc5ccc7oc8ccccc8c7c56)c4cc4c(-c5ccc6c(c5)oc5ccc7oc8ccccc8c7c56)cccc34)cccc2c1. The van der Waals surface area contributed by atoms with Gasteiger partial charge in [-0.3, -0.25) is 0 Å². The van der Waals surface area contributed by atoms with Crippen molar-refractivity contribution in [3.05, 3.63) is 194 Å². The number of benzene rings is 11. The van der Waals surface area contributed by atoms with Crippen molar-refractivity contribution in [1.29, 1.82) is 0 Å². The number of hydrogen-bond acceptors (Lipinski definition) is 4. The van der Waals surface area contributed by atoms with Crippen LogP contribution in [0.2, 0.25) is 0 Å². The number of rotatable bonds is 3. The zero-order chi connectivity index (χ0) is 41.6. The molecule has 15 aromatic rings. The molecule has 296 valence electrons. The Hall–Kier alpha value is -8.60. The largest absolute Gasteiger partial charge is 0.456 e. The highest BCUT2D eigenvalue weighted by molar-refractivity contribution is 6.28. The Balaban J connectivity index is 0.990. The second-order valence-electron chi connectivity index (χ2n) is 17.0. The maximum Gasteiger partial charge on any atom is 0.136 e. The van der Waals surface area contributed by atoms with Crippen LogP contribution in [0.5, 0.6) is 0 Å². The van der Waals surface area contributed by atoms with Crippen LogP contribution in [0.1, 0.15) is 0 Å².